The minimum atomic E-state index is 0.358. The Hall–Kier alpha value is -0.760. The smallest absolute Gasteiger partial charge is 0.146 e. The summed E-state index contributed by atoms with van der Waals surface area (Å²) in [6, 6.07) is 8.28. The Labute approximate surface area is 102 Å². The van der Waals surface area contributed by atoms with Crippen molar-refractivity contribution in [2.24, 2.45) is 5.92 Å². The van der Waals surface area contributed by atoms with Crippen LogP contribution in [0.15, 0.2) is 29.2 Å². The fourth-order valence-electron chi connectivity index (χ4n) is 2.23. The minimum Gasteiger partial charge on any atom is -0.298 e. The van der Waals surface area contributed by atoms with Crippen LogP contribution in [-0.2, 0) is 4.79 Å². The molecule has 0 aliphatic heterocycles. The third kappa shape index (κ3) is 2.88. The van der Waals surface area contributed by atoms with Crippen LogP contribution >= 0.6 is 11.8 Å². The molecule has 1 saturated carbocycles. The van der Waals surface area contributed by atoms with Crippen molar-refractivity contribution in [3.8, 4) is 0 Å². The van der Waals surface area contributed by atoms with Gasteiger partial charge in [0.15, 0.2) is 0 Å². The molecule has 2 heteroatoms. The second-order valence-corrected chi connectivity index (χ2v) is 5.52. The van der Waals surface area contributed by atoms with E-state index in [-0.39, 0.29) is 0 Å². The van der Waals surface area contributed by atoms with Gasteiger partial charge in [0.05, 0.1) is 5.75 Å². The lowest BCUT2D eigenvalue weighted by molar-refractivity contribution is -0.120. The Balaban J connectivity index is 1.87. The van der Waals surface area contributed by atoms with Crippen LogP contribution in [0.25, 0.3) is 0 Å². The largest absolute Gasteiger partial charge is 0.298 e. The van der Waals surface area contributed by atoms with Gasteiger partial charge in [0.1, 0.15) is 5.78 Å². The zero-order valence-corrected chi connectivity index (χ0v) is 10.6. The maximum absolute atomic E-state index is 11.9. The normalized spacial score (nSPS) is 16.6. The second-order valence-electron chi connectivity index (χ2n) is 4.50. The summed E-state index contributed by atoms with van der Waals surface area (Å²) in [6.45, 7) is 2.10. The molecule has 0 bridgehead atoms. The number of hydrogen-bond donors (Lipinski definition) is 0. The first kappa shape index (κ1) is 11.7. The predicted molar refractivity (Wildman–Crippen MR) is 68.9 cm³/mol. The predicted octanol–water partition coefficient (Wildman–Crippen LogP) is 3.85. The summed E-state index contributed by atoms with van der Waals surface area (Å²) in [7, 11) is 0. The van der Waals surface area contributed by atoms with Crippen LogP contribution in [0.4, 0.5) is 0 Å². The Morgan fingerprint density at radius 3 is 2.69 bits per heavy atom. The molecule has 1 nitrogen and oxygen atoms in total. The molecule has 0 unspecified atom stereocenters. The zero-order valence-electron chi connectivity index (χ0n) is 9.74. The average Bonchev–Trinajstić information content (AvgIpc) is 2.81. The average molecular weight is 234 g/mol. The van der Waals surface area contributed by atoms with E-state index in [0.29, 0.717) is 17.5 Å². The van der Waals surface area contributed by atoms with Gasteiger partial charge >= 0.3 is 0 Å². The maximum atomic E-state index is 11.9. The van der Waals surface area contributed by atoms with Crippen LogP contribution in [0.5, 0.6) is 0 Å². The topological polar surface area (TPSA) is 17.1 Å². The van der Waals surface area contributed by atoms with Gasteiger partial charge in [-0.05, 0) is 31.4 Å². The number of aryl methyl sites for hydroxylation is 1. The summed E-state index contributed by atoms with van der Waals surface area (Å²) >= 11 is 1.69. The van der Waals surface area contributed by atoms with Crippen LogP contribution in [-0.4, -0.2) is 11.5 Å². The number of ketones is 1. The second kappa shape index (κ2) is 5.53. The third-order valence-electron chi connectivity index (χ3n) is 3.27. The number of Topliss-reactive ketones (excluding diaryl/α,β-unsaturated/α-hetero) is 1. The van der Waals surface area contributed by atoms with Gasteiger partial charge in [-0.2, -0.15) is 0 Å². The fourth-order valence-corrected chi connectivity index (χ4v) is 3.24. The van der Waals surface area contributed by atoms with Crippen molar-refractivity contribution in [1.82, 2.24) is 0 Å². The highest BCUT2D eigenvalue weighted by Gasteiger charge is 2.22. The van der Waals surface area contributed by atoms with Gasteiger partial charge in [0.25, 0.3) is 0 Å². The number of benzene rings is 1. The Kier molecular flexibility index (Phi) is 4.05. The van der Waals surface area contributed by atoms with Crippen LogP contribution in [0.2, 0.25) is 0 Å². The van der Waals surface area contributed by atoms with Crippen molar-refractivity contribution in [3.05, 3.63) is 29.8 Å². The molecule has 1 aromatic carbocycles. The van der Waals surface area contributed by atoms with Gasteiger partial charge in [0.2, 0.25) is 0 Å². The van der Waals surface area contributed by atoms with Gasteiger partial charge in [-0.25, -0.2) is 0 Å². The lowest BCUT2D eigenvalue weighted by atomic mass is 10.0. The minimum absolute atomic E-state index is 0.358. The quantitative estimate of drug-likeness (QED) is 0.736. The van der Waals surface area contributed by atoms with E-state index >= 15 is 0 Å². The van der Waals surface area contributed by atoms with E-state index in [2.05, 4.69) is 19.1 Å². The summed E-state index contributed by atoms with van der Waals surface area (Å²) < 4.78 is 0. The van der Waals surface area contributed by atoms with Crippen LogP contribution in [0.1, 0.15) is 31.2 Å². The SMILES string of the molecule is Cc1ccccc1SCC(=O)C1CCCC1. The van der Waals surface area contributed by atoms with Crippen LogP contribution in [0, 0.1) is 12.8 Å². The van der Waals surface area contributed by atoms with Gasteiger partial charge in [-0.15, -0.1) is 11.8 Å². The van der Waals surface area contributed by atoms with E-state index in [1.165, 1.54) is 23.3 Å². The highest BCUT2D eigenvalue weighted by atomic mass is 32.2. The molecule has 86 valence electrons. The van der Waals surface area contributed by atoms with Gasteiger partial charge in [-0.3, -0.25) is 4.79 Å². The van der Waals surface area contributed by atoms with Gasteiger partial charge < -0.3 is 0 Å². The summed E-state index contributed by atoms with van der Waals surface area (Å²) in [5.74, 6) is 1.46. The molecule has 0 saturated heterocycles. The number of thioether (sulfide) groups is 1. The summed E-state index contributed by atoms with van der Waals surface area (Å²) in [4.78, 5) is 13.2. The number of carbonyl (C=O) groups is 1. The van der Waals surface area contributed by atoms with Crippen molar-refractivity contribution in [1.29, 1.82) is 0 Å². The molecule has 0 amide bonds. The summed E-state index contributed by atoms with van der Waals surface area (Å²) in [5.41, 5.74) is 1.27. The lowest BCUT2D eigenvalue weighted by Crippen LogP contribution is -2.12. The van der Waals surface area contributed by atoms with E-state index in [9.17, 15) is 4.79 Å². The van der Waals surface area contributed by atoms with Crippen molar-refractivity contribution in [3.63, 3.8) is 0 Å². The molecule has 0 radical (unpaired) electrons. The van der Waals surface area contributed by atoms with Crippen LogP contribution < -0.4 is 0 Å². The van der Waals surface area contributed by atoms with Crippen LogP contribution in [0.3, 0.4) is 0 Å². The van der Waals surface area contributed by atoms with E-state index in [0.717, 1.165) is 12.8 Å². The molecule has 0 N–H and O–H groups in total. The molecule has 1 aliphatic carbocycles. The monoisotopic (exact) mass is 234 g/mol. The van der Waals surface area contributed by atoms with Crippen molar-refractivity contribution >= 4 is 17.5 Å². The first-order chi connectivity index (χ1) is 7.77. The van der Waals surface area contributed by atoms with Crippen molar-refractivity contribution in [2.45, 2.75) is 37.5 Å². The first-order valence-corrected chi connectivity index (χ1v) is 6.97. The molecule has 1 aliphatic rings. The van der Waals surface area contributed by atoms with Gasteiger partial charge in [-0.1, -0.05) is 31.0 Å². The molecule has 1 fully saturated rings. The third-order valence-corrected chi connectivity index (χ3v) is 4.47. The standard InChI is InChI=1S/C14H18OS/c1-11-6-2-5-9-14(11)16-10-13(15)12-7-3-4-8-12/h2,5-6,9,12H,3-4,7-8,10H2,1H3. The van der Waals surface area contributed by atoms with Crippen molar-refractivity contribution < 1.29 is 4.79 Å². The summed E-state index contributed by atoms with van der Waals surface area (Å²) in [5, 5.41) is 0. The molecule has 1 aromatic rings. The van der Waals surface area contributed by atoms with E-state index in [1.54, 1.807) is 11.8 Å². The molecule has 0 atom stereocenters. The number of carbonyl (C=O) groups excluding carboxylic acids is 1. The van der Waals surface area contributed by atoms with Crippen molar-refractivity contribution in [2.75, 3.05) is 5.75 Å². The zero-order chi connectivity index (χ0) is 11.4. The molecule has 2 rings (SSSR count). The van der Waals surface area contributed by atoms with E-state index in [4.69, 9.17) is 0 Å². The molecule has 0 aromatic heterocycles. The fraction of sp³-hybridized carbons (Fsp3) is 0.500. The van der Waals surface area contributed by atoms with Gasteiger partial charge in [0, 0.05) is 10.8 Å². The van der Waals surface area contributed by atoms with E-state index in [1.807, 2.05) is 12.1 Å². The number of hydrogen-bond acceptors (Lipinski definition) is 2. The number of rotatable bonds is 4. The molecular weight excluding hydrogens is 216 g/mol. The molecule has 0 heterocycles. The Morgan fingerprint density at radius 1 is 1.31 bits per heavy atom. The first-order valence-electron chi connectivity index (χ1n) is 5.98. The van der Waals surface area contributed by atoms with E-state index < -0.39 is 0 Å². The summed E-state index contributed by atoms with van der Waals surface area (Å²) in [6.07, 6.45) is 4.72. The highest BCUT2D eigenvalue weighted by Crippen LogP contribution is 2.29. The highest BCUT2D eigenvalue weighted by molar-refractivity contribution is 8.00. The molecule has 16 heavy (non-hydrogen) atoms. The lowest BCUT2D eigenvalue weighted by Gasteiger charge is -2.08. The Morgan fingerprint density at radius 2 is 2.00 bits per heavy atom. The Bertz CT molecular complexity index is 367. The molecule has 0 spiro atoms. The molecular formula is C14H18OS. The maximum Gasteiger partial charge on any atom is 0.146 e.